The van der Waals surface area contributed by atoms with Gasteiger partial charge in [0.1, 0.15) is 5.60 Å². The maximum atomic E-state index is 12.6. The molecule has 2 N–H and O–H groups in total. The van der Waals surface area contributed by atoms with Gasteiger partial charge >= 0.3 is 5.97 Å². The van der Waals surface area contributed by atoms with Crippen LogP contribution in [0.15, 0.2) is 23.8 Å². The Morgan fingerprint density at radius 3 is 2.52 bits per heavy atom. The Morgan fingerprint density at radius 2 is 1.82 bits per heavy atom. The number of allylic oxidation sites excluding steroid dienone is 3. The number of aliphatic hydroxyl groups is 2. The zero-order chi connectivity index (χ0) is 29.0. The summed E-state index contributed by atoms with van der Waals surface area (Å²) in [6.07, 6.45) is 10.4. The molecule has 0 spiro atoms. The highest BCUT2D eigenvalue weighted by Gasteiger charge is 2.70. The Balaban J connectivity index is 1.28. The van der Waals surface area contributed by atoms with Crippen molar-refractivity contribution in [1.82, 2.24) is 0 Å². The number of hydrogen-bond donors (Lipinski definition) is 2. The molecule has 0 aromatic rings. The molecular formula is C32H46O7S. The highest BCUT2D eigenvalue weighted by atomic mass is 32.2. The second kappa shape index (κ2) is 9.23. The first-order valence-corrected chi connectivity index (χ1v) is 16.3. The summed E-state index contributed by atoms with van der Waals surface area (Å²) in [4.78, 5) is 24.8. The third-order valence-corrected chi connectivity index (χ3v) is 13.2. The molecule has 5 fully saturated rings. The second-order valence-electron chi connectivity index (χ2n) is 14.7. The molecule has 0 aromatic carbocycles. The first-order valence-electron chi connectivity index (χ1n) is 15.1. The average Bonchev–Trinajstić information content (AvgIpc) is 3.31. The molecule has 6 aliphatic rings. The number of thioether (sulfide) groups is 1. The average molecular weight is 575 g/mol. The molecule has 7 nitrogen and oxygen atoms in total. The van der Waals surface area contributed by atoms with Gasteiger partial charge in [0, 0.05) is 11.8 Å². The number of ketones is 1. The molecule has 12 unspecified atom stereocenters. The summed E-state index contributed by atoms with van der Waals surface area (Å²) in [5, 5.41) is 22.1. The normalized spacial score (nSPS) is 50.4. The fraction of sp³-hybridized carbons (Fsp3) is 0.812. The minimum absolute atomic E-state index is 0.0296. The summed E-state index contributed by atoms with van der Waals surface area (Å²) in [7, 11) is 0. The monoisotopic (exact) mass is 574 g/mol. The third kappa shape index (κ3) is 3.88. The van der Waals surface area contributed by atoms with Crippen molar-refractivity contribution >= 4 is 22.7 Å². The number of rotatable bonds is 4. The van der Waals surface area contributed by atoms with Crippen molar-refractivity contribution in [3.63, 3.8) is 0 Å². The molecule has 3 saturated carbocycles. The van der Waals surface area contributed by atoms with E-state index >= 15 is 0 Å². The van der Waals surface area contributed by atoms with Crippen LogP contribution in [0.25, 0.3) is 0 Å². The van der Waals surface area contributed by atoms with Gasteiger partial charge in [0.2, 0.25) is 11.2 Å². The van der Waals surface area contributed by atoms with Crippen LogP contribution < -0.4 is 0 Å². The summed E-state index contributed by atoms with van der Waals surface area (Å²) in [5.74, 6) is -0.389. The van der Waals surface area contributed by atoms with E-state index in [1.165, 1.54) is 0 Å². The van der Waals surface area contributed by atoms with Gasteiger partial charge in [-0.15, -0.1) is 0 Å². The first kappa shape index (κ1) is 29.1. The maximum absolute atomic E-state index is 12.6. The van der Waals surface area contributed by atoms with Crippen molar-refractivity contribution in [2.45, 2.75) is 116 Å². The van der Waals surface area contributed by atoms with E-state index in [9.17, 15) is 19.8 Å². The summed E-state index contributed by atoms with van der Waals surface area (Å²) in [5.41, 5.74) is -0.515. The van der Waals surface area contributed by atoms with Crippen LogP contribution in [0, 0.1) is 40.4 Å². The van der Waals surface area contributed by atoms with Crippen molar-refractivity contribution in [3.8, 4) is 0 Å². The van der Waals surface area contributed by atoms with Gasteiger partial charge in [-0.2, -0.15) is 0 Å². The molecule has 2 bridgehead atoms. The SMILES string of the molecule is CSC(=O)C(O)C12OC(C(C)C3CCC4C5C(O)CC6=CC(=O)C=CC6(C)C5CCC34C)CC(C)(O1)C(C)(C)O2. The molecule has 4 aliphatic carbocycles. The molecule has 2 heterocycles. The Morgan fingerprint density at radius 1 is 1.10 bits per heavy atom. The molecule has 6 rings (SSSR count). The van der Waals surface area contributed by atoms with E-state index in [-0.39, 0.29) is 34.6 Å². The van der Waals surface area contributed by atoms with Crippen molar-refractivity contribution in [2.75, 3.05) is 6.26 Å². The Kier molecular flexibility index (Phi) is 6.71. The van der Waals surface area contributed by atoms with Gasteiger partial charge in [0.25, 0.3) is 0 Å². The van der Waals surface area contributed by atoms with E-state index in [4.69, 9.17) is 14.2 Å². The smallest absolute Gasteiger partial charge is 0.320 e. The third-order valence-electron chi connectivity index (χ3n) is 12.6. The predicted octanol–water partition coefficient (Wildman–Crippen LogP) is 4.79. The summed E-state index contributed by atoms with van der Waals surface area (Å²) >= 11 is 0.946. The van der Waals surface area contributed by atoms with Gasteiger partial charge in [-0.1, -0.05) is 44.2 Å². The lowest BCUT2D eigenvalue weighted by molar-refractivity contribution is -0.417. The van der Waals surface area contributed by atoms with Gasteiger partial charge in [0.05, 0.1) is 17.8 Å². The van der Waals surface area contributed by atoms with Gasteiger partial charge in [-0.25, -0.2) is 0 Å². The van der Waals surface area contributed by atoms with Crippen LogP contribution in [-0.2, 0) is 23.8 Å². The molecule has 0 radical (unpaired) electrons. The van der Waals surface area contributed by atoms with Crippen LogP contribution in [0.5, 0.6) is 0 Å². The van der Waals surface area contributed by atoms with Gasteiger partial charge < -0.3 is 24.4 Å². The lowest BCUT2D eigenvalue weighted by Crippen LogP contribution is -2.59. The zero-order valence-electron chi connectivity index (χ0n) is 24.9. The number of ether oxygens (including phenoxy) is 3. The van der Waals surface area contributed by atoms with Crippen LogP contribution in [0.3, 0.4) is 0 Å². The number of carbonyl (C=O) groups is 2. The number of fused-ring (bicyclic) bond motifs is 7. The quantitative estimate of drug-likeness (QED) is 0.494. The summed E-state index contributed by atoms with van der Waals surface area (Å²) in [6, 6.07) is 0. The van der Waals surface area contributed by atoms with Crippen LogP contribution in [-0.4, -0.2) is 62.9 Å². The Bertz CT molecular complexity index is 1160. The Hall–Kier alpha value is -1.03. The topological polar surface area (TPSA) is 102 Å². The fourth-order valence-corrected chi connectivity index (χ4v) is 10.3. The van der Waals surface area contributed by atoms with Crippen LogP contribution in [0.1, 0.15) is 80.1 Å². The van der Waals surface area contributed by atoms with E-state index < -0.39 is 34.5 Å². The minimum atomic E-state index is -1.81. The highest BCUT2D eigenvalue weighted by Crippen LogP contribution is 2.68. The molecule has 8 heteroatoms. The van der Waals surface area contributed by atoms with Crippen LogP contribution >= 0.6 is 11.8 Å². The van der Waals surface area contributed by atoms with Crippen LogP contribution in [0.2, 0.25) is 0 Å². The van der Waals surface area contributed by atoms with Crippen molar-refractivity contribution in [3.05, 3.63) is 23.8 Å². The van der Waals surface area contributed by atoms with E-state index in [1.807, 2.05) is 20.8 Å². The maximum Gasteiger partial charge on any atom is 0.320 e. The molecule has 12 atom stereocenters. The standard InChI is InChI=1S/C32H46O7S/c1-17(24-16-31(6)28(2,3)38-32(37-24,39-31)26(35)27(36)40-7)20-8-9-21-25-22(11-13-30(20,21)5)29(4)12-10-19(33)14-18(29)15-23(25)34/h10,12,14,17,20-26,34-35H,8-9,11,13,15-16H2,1-7H3. The minimum Gasteiger partial charge on any atom is -0.392 e. The first-order chi connectivity index (χ1) is 18.6. The van der Waals surface area contributed by atoms with E-state index in [1.54, 1.807) is 18.4 Å². The molecule has 0 amide bonds. The van der Waals surface area contributed by atoms with E-state index in [0.717, 1.165) is 43.0 Å². The van der Waals surface area contributed by atoms with Crippen molar-refractivity contribution < 1.29 is 34.0 Å². The molecular weight excluding hydrogens is 528 g/mol. The predicted molar refractivity (Wildman–Crippen MR) is 152 cm³/mol. The van der Waals surface area contributed by atoms with Gasteiger partial charge in [-0.05, 0) is 106 Å². The molecule has 0 aromatic heterocycles. The lowest BCUT2D eigenvalue weighted by atomic mass is 9.46. The Labute approximate surface area is 242 Å². The number of aliphatic hydroxyl groups excluding tert-OH is 2. The lowest BCUT2D eigenvalue weighted by Gasteiger charge is -2.59. The number of hydrogen-bond acceptors (Lipinski definition) is 8. The van der Waals surface area contributed by atoms with E-state index in [2.05, 4.69) is 26.8 Å². The van der Waals surface area contributed by atoms with Crippen molar-refractivity contribution in [2.24, 2.45) is 40.4 Å². The molecule has 2 saturated heterocycles. The van der Waals surface area contributed by atoms with Crippen LogP contribution in [0.4, 0.5) is 0 Å². The molecule has 222 valence electrons. The largest absolute Gasteiger partial charge is 0.392 e. The molecule has 2 aliphatic heterocycles. The second-order valence-corrected chi connectivity index (χ2v) is 15.5. The summed E-state index contributed by atoms with van der Waals surface area (Å²) < 4.78 is 19.1. The zero-order valence-corrected chi connectivity index (χ0v) is 25.8. The highest BCUT2D eigenvalue weighted by molar-refractivity contribution is 8.13. The number of carbonyl (C=O) groups excluding carboxylic acids is 2. The van der Waals surface area contributed by atoms with Crippen molar-refractivity contribution in [1.29, 1.82) is 0 Å². The summed E-state index contributed by atoms with van der Waals surface area (Å²) in [6.45, 7) is 12.8. The molecule has 40 heavy (non-hydrogen) atoms. The van der Waals surface area contributed by atoms with Gasteiger partial charge in [-0.3, -0.25) is 9.59 Å². The van der Waals surface area contributed by atoms with E-state index in [0.29, 0.717) is 30.6 Å². The fourth-order valence-electron chi connectivity index (χ4n) is 9.95. The van der Waals surface area contributed by atoms with Gasteiger partial charge in [0.15, 0.2) is 5.78 Å².